The summed E-state index contributed by atoms with van der Waals surface area (Å²) in [6.07, 6.45) is 2.41. The van der Waals surface area contributed by atoms with E-state index >= 15 is 0 Å². The first-order valence-corrected chi connectivity index (χ1v) is 9.73. The van der Waals surface area contributed by atoms with Crippen LogP contribution in [0.2, 0.25) is 0 Å². The molecular formula is C17H22N2O4S. The summed E-state index contributed by atoms with van der Waals surface area (Å²) in [5.41, 5.74) is -0.0502. The van der Waals surface area contributed by atoms with Gasteiger partial charge in [0.05, 0.1) is 4.90 Å². The lowest BCUT2D eigenvalue weighted by atomic mass is 10.1. The Morgan fingerprint density at radius 2 is 1.96 bits per heavy atom. The van der Waals surface area contributed by atoms with E-state index in [4.69, 9.17) is 4.42 Å². The van der Waals surface area contributed by atoms with E-state index in [9.17, 15) is 13.2 Å². The van der Waals surface area contributed by atoms with E-state index in [-0.39, 0.29) is 10.9 Å². The Balaban J connectivity index is 2.00. The zero-order valence-corrected chi connectivity index (χ0v) is 14.5. The summed E-state index contributed by atoms with van der Waals surface area (Å²) in [6, 6.07) is 7.57. The molecule has 0 spiro atoms. The molecule has 1 saturated heterocycles. The monoisotopic (exact) mass is 350 g/mol. The van der Waals surface area contributed by atoms with E-state index in [1.54, 1.807) is 22.5 Å². The molecule has 0 aliphatic carbocycles. The molecule has 0 saturated carbocycles. The SMILES string of the molecule is CCCN(C1CCNCC1)S(=O)(=O)c1ccc2oc(=O)ccc2c1. The van der Waals surface area contributed by atoms with Gasteiger partial charge in [-0.05, 0) is 56.6 Å². The molecule has 0 atom stereocenters. The molecule has 1 fully saturated rings. The van der Waals surface area contributed by atoms with Crippen LogP contribution in [-0.4, -0.2) is 38.4 Å². The minimum absolute atomic E-state index is 0.0283. The van der Waals surface area contributed by atoms with Crippen LogP contribution in [0.3, 0.4) is 0 Å². The highest BCUT2D eigenvalue weighted by Crippen LogP contribution is 2.25. The van der Waals surface area contributed by atoms with Crippen LogP contribution in [0.1, 0.15) is 26.2 Å². The van der Waals surface area contributed by atoms with Crippen molar-refractivity contribution < 1.29 is 12.8 Å². The highest BCUT2D eigenvalue weighted by molar-refractivity contribution is 7.89. The molecule has 6 nitrogen and oxygen atoms in total. The standard InChI is InChI=1S/C17H22N2O4S/c1-2-11-19(14-7-9-18-10-8-14)24(21,22)15-4-5-16-13(12-15)3-6-17(20)23-16/h3-6,12,14,18H,2,7-11H2,1H3. The van der Waals surface area contributed by atoms with Crippen molar-refractivity contribution in [2.45, 2.75) is 37.1 Å². The van der Waals surface area contributed by atoms with Crippen LogP contribution in [0, 0.1) is 0 Å². The average Bonchev–Trinajstić information content (AvgIpc) is 2.59. The van der Waals surface area contributed by atoms with Crippen LogP contribution in [0.4, 0.5) is 0 Å². The second kappa shape index (κ2) is 7.04. The third-order valence-electron chi connectivity index (χ3n) is 4.36. The number of piperidine rings is 1. The van der Waals surface area contributed by atoms with Crippen molar-refractivity contribution in [3.05, 3.63) is 40.8 Å². The van der Waals surface area contributed by atoms with Crippen molar-refractivity contribution in [1.82, 2.24) is 9.62 Å². The maximum Gasteiger partial charge on any atom is 0.336 e. The van der Waals surface area contributed by atoms with E-state index in [1.165, 1.54) is 12.1 Å². The van der Waals surface area contributed by atoms with Gasteiger partial charge in [-0.15, -0.1) is 0 Å². The van der Waals surface area contributed by atoms with E-state index in [2.05, 4.69) is 5.32 Å². The molecule has 0 radical (unpaired) electrons. The van der Waals surface area contributed by atoms with Crippen LogP contribution in [0.25, 0.3) is 11.0 Å². The molecule has 1 aromatic carbocycles. The van der Waals surface area contributed by atoms with Gasteiger partial charge >= 0.3 is 5.63 Å². The summed E-state index contributed by atoms with van der Waals surface area (Å²) in [4.78, 5) is 11.5. The average molecular weight is 350 g/mol. The summed E-state index contributed by atoms with van der Waals surface area (Å²) in [6.45, 7) is 4.17. The molecule has 1 aliphatic rings. The highest BCUT2D eigenvalue weighted by Gasteiger charge is 2.31. The lowest BCUT2D eigenvalue weighted by molar-refractivity contribution is 0.262. The first-order valence-electron chi connectivity index (χ1n) is 8.29. The maximum atomic E-state index is 13.1. The highest BCUT2D eigenvalue weighted by atomic mass is 32.2. The van der Waals surface area contributed by atoms with Crippen LogP contribution in [-0.2, 0) is 10.0 Å². The predicted octanol–water partition coefficient (Wildman–Crippen LogP) is 1.95. The van der Waals surface area contributed by atoms with Crippen LogP contribution >= 0.6 is 0 Å². The normalized spacial score (nSPS) is 16.8. The van der Waals surface area contributed by atoms with Gasteiger partial charge < -0.3 is 9.73 Å². The minimum atomic E-state index is -3.58. The number of hydrogen-bond donors (Lipinski definition) is 1. The van der Waals surface area contributed by atoms with Gasteiger partial charge in [0.2, 0.25) is 10.0 Å². The largest absolute Gasteiger partial charge is 0.423 e. The number of sulfonamides is 1. The molecule has 130 valence electrons. The third kappa shape index (κ3) is 3.38. The van der Waals surface area contributed by atoms with Crippen molar-refractivity contribution in [2.75, 3.05) is 19.6 Å². The van der Waals surface area contributed by atoms with Gasteiger partial charge in [0, 0.05) is 24.0 Å². The molecule has 1 aliphatic heterocycles. The summed E-state index contributed by atoms with van der Waals surface area (Å²) in [7, 11) is -3.58. The summed E-state index contributed by atoms with van der Waals surface area (Å²) >= 11 is 0. The maximum absolute atomic E-state index is 13.1. The minimum Gasteiger partial charge on any atom is -0.423 e. The van der Waals surface area contributed by atoms with Crippen molar-refractivity contribution in [3.63, 3.8) is 0 Å². The predicted molar refractivity (Wildman–Crippen MR) is 92.6 cm³/mol. The number of benzene rings is 1. The smallest absolute Gasteiger partial charge is 0.336 e. The van der Waals surface area contributed by atoms with Gasteiger partial charge in [0.25, 0.3) is 0 Å². The van der Waals surface area contributed by atoms with Crippen molar-refractivity contribution in [1.29, 1.82) is 0 Å². The van der Waals surface area contributed by atoms with E-state index in [0.717, 1.165) is 32.4 Å². The molecule has 7 heteroatoms. The van der Waals surface area contributed by atoms with Crippen LogP contribution in [0.15, 0.2) is 44.4 Å². The fourth-order valence-corrected chi connectivity index (χ4v) is 4.97. The molecular weight excluding hydrogens is 328 g/mol. The Bertz CT molecular complexity index is 870. The second-order valence-electron chi connectivity index (χ2n) is 6.05. The zero-order valence-electron chi connectivity index (χ0n) is 13.7. The fraction of sp³-hybridized carbons (Fsp3) is 0.471. The first kappa shape index (κ1) is 17.1. The number of fused-ring (bicyclic) bond motifs is 1. The fourth-order valence-electron chi connectivity index (χ4n) is 3.16. The van der Waals surface area contributed by atoms with Crippen LogP contribution in [0.5, 0.6) is 0 Å². The Morgan fingerprint density at radius 1 is 1.21 bits per heavy atom. The van der Waals surface area contributed by atoms with E-state index in [1.807, 2.05) is 6.92 Å². The van der Waals surface area contributed by atoms with Gasteiger partial charge in [-0.1, -0.05) is 6.92 Å². The summed E-state index contributed by atoms with van der Waals surface area (Å²) in [5.74, 6) is 0. The Kier molecular flexibility index (Phi) is 5.03. The lowest BCUT2D eigenvalue weighted by Crippen LogP contribution is -2.46. The van der Waals surface area contributed by atoms with Crippen molar-refractivity contribution >= 4 is 21.0 Å². The molecule has 1 aromatic heterocycles. The molecule has 1 N–H and O–H groups in total. The quantitative estimate of drug-likeness (QED) is 0.834. The molecule has 3 rings (SSSR count). The second-order valence-corrected chi connectivity index (χ2v) is 7.94. The van der Waals surface area contributed by atoms with Gasteiger partial charge in [0.15, 0.2) is 0 Å². The number of nitrogens with one attached hydrogen (secondary N) is 1. The van der Waals surface area contributed by atoms with E-state index in [0.29, 0.717) is 17.5 Å². The zero-order chi connectivity index (χ0) is 17.2. The Labute approximate surface area is 141 Å². The molecule has 0 unspecified atom stereocenters. The summed E-state index contributed by atoms with van der Waals surface area (Å²) in [5, 5.41) is 3.88. The molecule has 0 amide bonds. The van der Waals surface area contributed by atoms with Crippen LogP contribution < -0.4 is 10.9 Å². The lowest BCUT2D eigenvalue weighted by Gasteiger charge is -2.33. The molecule has 2 aromatic rings. The Morgan fingerprint density at radius 3 is 2.67 bits per heavy atom. The van der Waals surface area contributed by atoms with Gasteiger partial charge in [0.1, 0.15) is 5.58 Å². The van der Waals surface area contributed by atoms with Gasteiger partial charge in [-0.3, -0.25) is 0 Å². The van der Waals surface area contributed by atoms with Crippen molar-refractivity contribution in [2.24, 2.45) is 0 Å². The Hall–Kier alpha value is -1.70. The third-order valence-corrected chi connectivity index (χ3v) is 6.31. The number of nitrogens with zero attached hydrogens (tertiary/aromatic N) is 1. The van der Waals surface area contributed by atoms with E-state index < -0.39 is 15.6 Å². The topological polar surface area (TPSA) is 79.6 Å². The summed E-state index contributed by atoms with van der Waals surface area (Å²) < 4.78 is 33.0. The molecule has 24 heavy (non-hydrogen) atoms. The van der Waals surface area contributed by atoms with Gasteiger partial charge in [-0.25, -0.2) is 13.2 Å². The van der Waals surface area contributed by atoms with Gasteiger partial charge in [-0.2, -0.15) is 4.31 Å². The molecule has 2 heterocycles. The number of rotatable bonds is 5. The molecule has 0 bridgehead atoms. The number of hydrogen-bond acceptors (Lipinski definition) is 5. The first-order chi connectivity index (χ1) is 11.5. The van der Waals surface area contributed by atoms with Crippen molar-refractivity contribution in [3.8, 4) is 0 Å².